The van der Waals surface area contributed by atoms with Crippen molar-refractivity contribution in [3.63, 3.8) is 0 Å². The normalized spacial score (nSPS) is 11.9. The van der Waals surface area contributed by atoms with Gasteiger partial charge in [-0.1, -0.05) is 6.92 Å². The number of carbonyl (C=O) groups excluding carboxylic acids is 1. The number of nitro benzene ring substituents is 1. The molecule has 3 N–H and O–H groups in total. The third kappa shape index (κ3) is 3.49. The molecule has 1 atom stereocenters. The highest BCUT2D eigenvalue weighted by Gasteiger charge is 2.16. The number of benzene rings is 1. The van der Waals surface area contributed by atoms with Crippen LogP contribution >= 0.6 is 0 Å². The highest BCUT2D eigenvalue weighted by Crippen LogP contribution is 2.16. The molecule has 98 valence electrons. The largest absolute Gasteiger partial charge is 0.352 e. The van der Waals surface area contributed by atoms with Gasteiger partial charge in [0.05, 0.1) is 16.6 Å². The van der Waals surface area contributed by atoms with Crippen molar-refractivity contribution in [1.82, 2.24) is 5.32 Å². The Labute approximate surface area is 103 Å². The van der Waals surface area contributed by atoms with Crippen LogP contribution in [0.25, 0.3) is 0 Å². The van der Waals surface area contributed by atoms with E-state index in [1.165, 1.54) is 0 Å². The third-order valence-electron chi connectivity index (χ3n) is 2.42. The summed E-state index contributed by atoms with van der Waals surface area (Å²) in [5, 5.41) is 12.9. The first-order chi connectivity index (χ1) is 8.45. The Bertz CT molecular complexity index is 465. The summed E-state index contributed by atoms with van der Waals surface area (Å²) in [6.45, 7) is 2.57. The van der Waals surface area contributed by atoms with Crippen LogP contribution in [0.1, 0.15) is 17.3 Å². The number of nitrogens with zero attached hydrogens (tertiary/aromatic N) is 1. The molecule has 0 aliphatic carbocycles. The molecule has 1 aromatic carbocycles. The van der Waals surface area contributed by atoms with Crippen LogP contribution in [0.15, 0.2) is 18.2 Å². The average molecular weight is 255 g/mol. The van der Waals surface area contributed by atoms with Gasteiger partial charge in [-0.3, -0.25) is 14.9 Å². The van der Waals surface area contributed by atoms with Crippen LogP contribution in [-0.2, 0) is 0 Å². The lowest BCUT2D eigenvalue weighted by Crippen LogP contribution is -2.31. The molecule has 1 rings (SSSR count). The van der Waals surface area contributed by atoms with Gasteiger partial charge in [-0.2, -0.15) is 0 Å². The van der Waals surface area contributed by atoms with Gasteiger partial charge >= 0.3 is 0 Å². The molecule has 0 aliphatic rings. The van der Waals surface area contributed by atoms with E-state index in [1.807, 2.05) is 6.92 Å². The van der Waals surface area contributed by atoms with Gasteiger partial charge in [-0.05, 0) is 18.5 Å². The Morgan fingerprint density at radius 1 is 1.61 bits per heavy atom. The monoisotopic (exact) mass is 255 g/mol. The van der Waals surface area contributed by atoms with Crippen LogP contribution in [0.4, 0.5) is 10.1 Å². The first-order valence-electron chi connectivity index (χ1n) is 5.38. The summed E-state index contributed by atoms with van der Waals surface area (Å²) in [7, 11) is 0. The second kappa shape index (κ2) is 6.06. The average Bonchev–Trinajstić information content (AvgIpc) is 2.35. The van der Waals surface area contributed by atoms with Crippen molar-refractivity contribution in [2.75, 3.05) is 13.1 Å². The second-order valence-corrected chi connectivity index (χ2v) is 3.97. The van der Waals surface area contributed by atoms with Crippen LogP contribution in [-0.4, -0.2) is 23.9 Å². The highest BCUT2D eigenvalue weighted by atomic mass is 19.1. The van der Waals surface area contributed by atoms with Crippen molar-refractivity contribution in [1.29, 1.82) is 0 Å². The van der Waals surface area contributed by atoms with E-state index in [0.717, 1.165) is 18.2 Å². The molecule has 1 unspecified atom stereocenters. The summed E-state index contributed by atoms with van der Waals surface area (Å²) in [5.74, 6) is -1.44. The van der Waals surface area contributed by atoms with Gasteiger partial charge in [0, 0.05) is 12.6 Å². The van der Waals surface area contributed by atoms with Crippen molar-refractivity contribution >= 4 is 11.6 Å². The van der Waals surface area contributed by atoms with Crippen LogP contribution < -0.4 is 11.1 Å². The van der Waals surface area contributed by atoms with Crippen LogP contribution in [0.2, 0.25) is 0 Å². The van der Waals surface area contributed by atoms with Crippen LogP contribution in [0.5, 0.6) is 0 Å². The SMILES string of the molecule is CC(CN)CNC(=O)c1ccc([N+](=O)[O-])cc1F. The number of nitrogens with two attached hydrogens (primary N) is 1. The lowest BCUT2D eigenvalue weighted by atomic mass is 10.1. The summed E-state index contributed by atoms with van der Waals surface area (Å²) in [5.41, 5.74) is 4.77. The molecule has 0 saturated carbocycles. The summed E-state index contributed by atoms with van der Waals surface area (Å²) >= 11 is 0. The second-order valence-electron chi connectivity index (χ2n) is 3.97. The summed E-state index contributed by atoms with van der Waals surface area (Å²) < 4.78 is 13.5. The lowest BCUT2D eigenvalue weighted by Gasteiger charge is -2.10. The van der Waals surface area contributed by atoms with Crippen LogP contribution in [0.3, 0.4) is 0 Å². The molecule has 0 aromatic heterocycles. The smallest absolute Gasteiger partial charge is 0.272 e. The van der Waals surface area contributed by atoms with E-state index in [-0.39, 0.29) is 17.2 Å². The van der Waals surface area contributed by atoms with Gasteiger partial charge in [0.2, 0.25) is 0 Å². The standard InChI is InChI=1S/C11H14FN3O3/c1-7(5-13)6-14-11(16)9-3-2-8(15(17)18)4-10(9)12/h2-4,7H,5-6,13H2,1H3,(H,14,16). The van der Waals surface area contributed by atoms with Crippen LogP contribution in [0, 0.1) is 21.8 Å². The Balaban J connectivity index is 2.78. The van der Waals surface area contributed by atoms with Crippen molar-refractivity contribution in [3.8, 4) is 0 Å². The number of non-ortho nitro benzene ring substituents is 1. The quantitative estimate of drug-likeness (QED) is 0.607. The van der Waals surface area contributed by atoms with Gasteiger partial charge in [0.1, 0.15) is 5.82 Å². The fourth-order valence-electron chi connectivity index (χ4n) is 1.25. The minimum absolute atomic E-state index is 0.0788. The molecule has 7 heteroatoms. The molecule has 0 aliphatic heterocycles. The van der Waals surface area contributed by atoms with E-state index < -0.39 is 16.6 Å². The molecule has 1 aromatic rings. The van der Waals surface area contributed by atoms with E-state index in [4.69, 9.17) is 5.73 Å². The molecule has 1 amide bonds. The molecule has 6 nitrogen and oxygen atoms in total. The minimum Gasteiger partial charge on any atom is -0.352 e. The van der Waals surface area contributed by atoms with Gasteiger partial charge < -0.3 is 11.1 Å². The molecule has 18 heavy (non-hydrogen) atoms. The van der Waals surface area contributed by atoms with Gasteiger partial charge in [-0.15, -0.1) is 0 Å². The number of amides is 1. The Morgan fingerprint density at radius 3 is 2.78 bits per heavy atom. The zero-order valence-corrected chi connectivity index (χ0v) is 9.85. The number of carbonyl (C=O) groups is 1. The highest BCUT2D eigenvalue weighted by molar-refractivity contribution is 5.94. The van der Waals surface area contributed by atoms with E-state index >= 15 is 0 Å². The predicted molar refractivity (Wildman–Crippen MR) is 63.6 cm³/mol. The van der Waals surface area contributed by atoms with E-state index in [1.54, 1.807) is 0 Å². The predicted octanol–water partition coefficient (Wildman–Crippen LogP) is 1.06. The molecule has 0 heterocycles. The fraction of sp³-hybridized carbons (Fsp3) is 0.364. The summed E-state index contributed by atoms with van der Waals surface area (Å²) in [4.78, 5) is 21.3. The van der Waals surface area contributed by atoms with Crippen molar-refractivity contribution < 1.29 is 14.1 Å². The van der Waals surface area contributed by atoms with Crippen molar-refractivity contribution in [3.05, 3.63) is 39.7 Å². The molecular formula is C11H14FN3O3. The Kier molecular flexibility index (Phi) is 4.73. The first kappa shape index (κ1) is 14.0. The van der Waals surface area contributed by atoms with E-state index in [9.17, 15) is 19.3 Å². The number of nitro groups is 1. The van der Waals surface area contributed by atoms with Crippen molar-refractivity contribution in [2.45, 2.75) is 6.92 Å². The Morgan fingerprint density at radius 2 is 2.28 bits per heavy atom. The molecule has 0 fully saturated rings. The first-order valence-corrected chi connectivity index (χ1v) is 5.38. The van der Waals surface area contributed by atoms with E-state index in [2.05, 4.69) is 5.32 Å². The molecule has 0 saturated heterocycles. The van der Waals surface area contributed by atoms with E-state index in [0.29, 0.717) is 13.1 Å². The van der Waals surface area contributed by atoms with Gasteiger partial charge in [-0.25, -0.2) is 4.39 Å². The fourth-order valence-corrected chi connectivity index (χ4v) is 1.25. The van der Waals surface area contributed by atoms with Gasteiger partial charge in [0.15, 0.2) is 0 Å². The number of nitrogens with one attached hydrogen (secondary N) is 1. The maximum Gasteiger partial charge on any atom is 0.272 e. The maximum atomic E-state index is 13.5. The number of hydrogen-bond acceptors (Lipinski definition) is 4. The number of rotatable bonds is 5. The van der Waals surface area contributed by atoms with Gasteiger partial charge in [0.25, 0.3) is 11.6 Å². The molecule has 0 spiro atoms. The summed E-state index contributed by atoms with van der Waals surface area (Å²) in [6.07, 6.45) is 0. The Hall–Kier alpha value is -2.02. The summed E-state index contributed by atoms with van der Waals surface area (Å²) in [6, 6.07) is 2.90. The molecule has 0 bridgehead atoms. The number of hydrogen-bond donors (Lipinski definition) is 2. The zero-order valence-electron chi connectivity index (χ0n) is 9.85. The lowest BCUT2D eigenvalue weighted by molar-refractivity contribution is -0.385. The molecular weight excluding hydrogens is 241 g/mol. The third-order valence-corrected chi connectivity index (χ3v) is 2.42. The number of halogens is 1. The zero-order chi connectivity index (χ0) is 13.7. The topological polar surface area (TPSA) is 98.3 Å². The minimum atomic E-state index is -0.915. The molecule has 0 radical (unpaired) electrons. The maximum absolute atomic E-state index is 13.5. The van der Waals surface area contributed by atoms with Crippen molar-refractivity contribution in [2.24, 2.45) is 11.7 Å².